The van der Waals surface area contributed by atoms with Crippen LogP contribution in [-0.4, -0.2) is 14.5 Å². The number of anilines is 1. The Balaban J connectivity index is 3.03. The van der Waals surface area contributed by atoms with Crippen molar-refractivity contribution in [2.75, 3.05) is 5.73 Å². The molecular weight excluding hydrogens is 168 g/mol. The fourth-order valence-electron chi connectivity index (χ4n) is 1.35. The van der Waals surface area contributed by atoms with E-state index >= 15 is 0 Å². The van der Waals surface area contributed by atoms with E-state index in [1.807, 2.05) is 18.5 Å². The summed E-state index contributed by atoms with van der Waals surface area (Å²) in [5, 5.41) is 0.578. The zero-order valence-electron chi connectivity index (χ0n) is 7.46. The summed E-state index contributed by atoms with van der Waals surface area (Å²) in [5.41, 5.74) is 6.84. The molecular formula is C8H10N4O. The Labute approximate surface area is 74.2 Å². The number of hydrogen-bond acceptors (Lipinski definition) is 3. The highest BCUT2D eigenvalue weighted by Gasteiger charge is 2.07. The summed E-state index contributed by atoms with van der Waals surface area (Å²) in [7, 11) is 1.85. The Hall–Kier alpha value is -1.78. The van der Waals surface area contributed by atoms with Crippen molar-refractivity contribution in [1.82, 2.24) is 14.5 Å². The van der Waals surface area contributed by atoms with Crippen molar-refractivity contribution in [3.8, 4) is 0 Å². The summed E-state index contributed by atoms with van der Waals surface area (Å²) in [5.74, 6) is 0.152. The third-order valence-electron chi connectivity index (χ3n) is 2.15. The van der Waals surface area contributed by atoms with Crippen molar-refractivity contribution in [2.24, 2.45) is 7.05 Å². The molecule has 0 saturated heterocycles. The van der Waals surface area contributed by atoms with Crippen molar-refractivity contribution in [3.63, 3.8) is 0 Å². The first-order valence-electron chi connectivity index (χ1n) is 3.91. The third-order valence-corrected chi connectivity index (χ3v) is 2.15. The van der Waals surface area contributed by atoms with Gasteiger partial charge in [-0.25, -0.2) is 0 Å². The number of aromatic amines is 1. The van der Waals surface area contributed by atoms with E-state index in [0.29, 0.717) is 11.0 Å². The number of hydrogen-bond donors (Lipinski definition) is 2. The maximum absolute atomic E-state index is 11.4. The smallest absolute Gasteiger partial charge is 0.261 e. The second-order valence-corrected chi connectivity index (χ2v) is 3.03. The highest BCUT2D eigenvalue weighted by molar-refractivity contribution is 5.77. The number of aromatic nitrogens is 3. The van der Waals surface area contributed by atoms with E-state index in [0.717, 1.165) is 5.69 Å². The van der Waals surface area contributed by atoms with Crippen LogP contribution in [0.15, 0.2) is 10.9 Å². The predicted molar refractivity (Wildman–Crippen MR) is 50.5 cm³/mol. The molecule has 0 atom stereocenters. The van der Waals surface area contributed by atoms with Crippen molar-refractivity contribution in [3.05, 3.63) is 22.1 Å². The largest absolute Gasteiger partial charge is 0.369 e. The number of aryl methyl sites for hydroxylation is 2. The number of nitrogens with zero attached hydrogens (tertiary/aromatic N) is 2. The van der Waals surface area contributed by atoms with E-state index < -0.39 is 0 Å². The summed E-state index contributed by atoms with van der Waals surface area (Å²) in [6.07, 6.45) is 0. The molecule has 68 valence electrons. The molecule has 2 aromatic rings. The van der Waals surface area contributed by atoms with Gasteiger partial charge in [0.1, 0.15) is 5.65 Å². The van der Waals surface area contributed by atoms with Gasteiger partial charge in [0.2, 0.25) is 5.95 Å². The molecule has 0 amide bonds. The lowest BCUT2D eigenvalue weighted by Crippen LogP contribution is -2.11. The minimum absolute atomic E-state index is 0.152. The zero-order chi connectivity index (χ0) is 9.59. The quantitative estimate of drug-likeness (QED) is 0.603. The zero-order valence-corrected chi connectivity index (χ0v) is 7.46. The molecule has 0 aromatic carbocycles. The van der Waals surface area contributed by atoms with Crippen LogP contribution in [0.1, 0.15) is 5.69 Å². The van der Waals surface area contributed by atoms with Gasteiger partial charge in [-0.1, -0.05) is 0 Å². The molecule has 0 saturated carbocycles. The van der Waals surface area contributed by atoms with Crippen LogP contribution in [-0.2, 0) is 7.05 Å². The molecule has 0 unspecified atom stereocenters. The lowest BCUT2D eigenvalue weighted by Gasteiger charge is -1.97. The molecule has 0 spiro atoms. The van der Waals surface area contributed by atoms with Gasteiger partial charge < -0.3 is 10.3 Å². The standard InChI is InChI=1S/C8H10N4O/c1-4-3-5-6(12(4)2)10-8(9)11-7(5)13/h3H,1-2H3,(H3,9,10,11,13). The maximum atomic E-state index is 11.4. The van der Waals surface area contributed by atoms with Gasteiger partial charge in [0.05, 0.1) is 5.39 Å². The molecule has 5 nitrogen and oxygen atoms in total. The lowest BCUT2D eigenvalue weighted by molar-refractivity contribution is 0.900. The second-order valence-electron chi connectivity index (χ2n) is 3.03. The molecule has 5 heteroatoms. The lowest BCUT2D eigenvalue weighted by atomic mass is 10.4. The van der Waals surface area contributed by atoms with E-state index in [1.165, 1.54) is 0 Å². The number of nitrogens with two attached hydrogens (primary N) is 1. The van der Waals surface area contributed by atoms with Crippen LogP contribution in [0, 0.1) is 6.92 Å². The fraction of sp³-hybridized carbons (Fsp3) is 0.250. The van der Waals surface area contributed by atoms with Crippen molar-refractivity contribution in [1.29, 1.82) is 0 Å². The summed E-state index contributed by atoms with van der Waals surface area (Å²) >= 11 is 0. The molecule has 0 aliphatic carbocycles. The summed E-state index contributed by atoms with van der Waals surface area (Å²) < 4.78 is 1.83. The molecule has 0 bridgehead atoms. The Bertz CT molecular complexity index is 523. The van der Waals surface area contributed by atoms with Gasteiger partial charge in [-0.2, -0.15) is 4.98 Å². The summed E-state index contributed by atoms with van der Waals surface area (Å²) in [6.45, 7) is 1.91. The van der Waals surface area contributed by atoms with E-state index in [9.17, 15) is 4.79 Å². The van der Waals surface area contributed by atoms with Crippen LogP contribution in [0.4, 0.5) is 5.95 Å². The van der Waals surface area contributed by atoms with Crippen molar-refractivity contribution < 1.29 is 0 Å². The van der Waals surface area contributed by atoms with Crippen LogP contribution in [0.3, 0.4) is 0 Å². The SMILES string of the molecule is Cc1cc2c(=O)[nH]c(N)nc2n1C. The predicted octanol–water partition coefficient (Wildman–Crippen LogP) is 0.152. The normalized spacial score (nSPS) is 10.9. The van der Waals surface area contributed by atoms with Crippen LogP contribution < -0.4 is 11.3 Å². The van der Waals surface area contributed by atoms with Gasteiger partial charge in [0.15, 0.2) is 0 Å². The number of rotatable bonds is 0. The van der Waals surface area contributed by atoms with Gasteiger partial charge in [-0.05, 0) is 13.0 Å². The van der Waals surface area contributed by atoms with Gasteiger partial charge in [0.25, 0.3) is 5.56 Å². The first-order valence-corrected chi connectivity index (χ1v) is 3.91. The summed E-state index contributed by atoms with van der Waals surface area (Å²) in [4.78, 5) is 17.9. The summed E-state index contributed by atoms with van der Waals surface area (Å²) in [6, 6.07) is 1.79. The van der Waals surface area contributed by atoms with Crippen LogP contribution in [0.25, 0.3) is 11.0 Å². The first-order chi connectivity index (χ1) is 6.09. The second kappa shape index (κ2) is 2.35. The average Bonchev–Trinajstić information content (AvgIpc) is 2.32. The molecule has 2 heterocycles. The Kier molecular flexibility index (Phi) is 1.42. The molecule has 2 aromatic heterocycles. The van der Waals surface area contributed by atoms with Gasteiger partial charge in [-0.15, -0.1) is 0 Å². The van der Waals surface area contributed by atoms with Crippen LogP contribution in [0.2, 0.25) is 0 Å². The van der Waals surface area contributed by atoms with E-state index in [4.69, 9.17) is 5.73 Å². The Morgan fingerprint density at radius 3 is 3.00 bits per heavy atom. The highest BCUT2D eigenvalue weighted by Crippen LogP contribution is 2.11. The molecule has 0 radical (unpaired) electrons. The Morgan fingerprint density at radius 1 is 1.62 bits per heavy atom. The topological polar surface area (TPSA) is 76.7 Å². The number of H-pyrrole nitrogens is 1. The molecule has 0 fully saturated rings. The minimum atomic E-state index is -0.189. The monoisotopic (exact) mass is 178 g/mol. The van der Waals surface area contributed by atoms with E-state index in [1.54, 1.807) is 6.07 Å². The number of nitrogens with one attached hydrogen (secondary N) is 1. The van der Waals surface area contributed by atoms with Crippen LogP contribution >= 0.6 is 0 Å². The first kappa shape index (κ1) is 7.85. The number of fused-ring (bicyclic) bond motifs is 1. The fourth-order valence-corrected chi connectivity index (χ4v) is 1.35. The molecule has 3 N–H and O–H groups in total. The molecule has 0 aliphatic rings. The molecule has 2 rings (SSSR count). The van der Waals surface area contributed by atoms with E-state index in [-0.39, 0.29) is 11.5 Å². The Morgan fingerprint density at radius 2 is 2.31 bits per heavy atom. The minimum Gasteiger partial charge on any atom is -0.369 e. The maximum Gasteiger partial charge on any atom is 0.261 e. The van der Waals surface area contributed by atoms with Gasteiger partial charge >= 0.3 is 0 Å². The number of nitrogen functional groups attached to an aromatic ring is 1. The molecule has 0 aliphatic heterocycles. The van der Waals surface area contributed by atoms with Gasteiger partial charge in [0, 0.05) is 12.7 Å². The van der Waals surface area contributed by atoms with E-state index in [2.05, 4.69) is 9.97 Å². The van der Waals surface area contributed by atoms with Crippen molar-refractivity contribution >= 4 is 17.0 Å². The average molecular weight is 178 g/mol. The highest BCUT2D eigenvalue weighted by atomic mass is 16.1. The van der Waals surface area contributed by atoms with Crippen LogP contribution in [0.5, 0.6) is 0 Å². The van der Waals surface area contributed by atoms with Gasteiger partial charge in [-0.3, -0.25) is 9.78 Å². The van der Waals surface area contributed by atoms with Crippen molar-refractivity contribution in [2.45, 2.75) is 6.92 Å². The third kappa shape index (κ3) is 1.00. The molecule has 13 heavy (non-hydrogen) atoms.